The van der Waals surface area contributed by atoms with Crippen LogP contribution < -0.4 is 0 Å². The minimum Gasteiger partial charge on any atom is -0.376 e. The second-order valence-corrected chi connectivity index (χ2v) is 14.9. The van der Waals surface area contributed by atoms with Crippen molar-refractivity contribution < 1.29 is 66.3 Å². The largest absolute Gasteiger partial charge is 0.376 e. The van der Waals surface area contributed by atoms with E-state index < -0.39 is 41.9 Å². The fourth-order valence-corrected chi connectivity index (χ4v) is 5.59. The SMILES string of the molecule is CC1(C)COC(COCC(COCC2COC(C)(C)O2)OCC(COC(COCC2COC(C)(C)O2)COCC2COC(C)(C)O2)N=[N+]=[N-])O1. The van der Waals surface area contributed by atoms with Crippen LogP contribution in [0.3, 0.4) is 0 Å². The lowest BCUT2D eigenvalue weighted by Crippen LogP contribution is -2.35. The average Bonchev–Trinajstić information content (AvgIpc) is 3.77. The van der Waals surface area contributed by atoms with Gasteiger partial charge in [0.15, 0.2) is 23.7 Å². The summed E-state index contributed by atoms with van der Waals surface area (Å²) < 4.78 is 82.0. The topological polar surface area (TPSA) is 178 Å². The van der Waals surface area contributed by atoms with Crippen LogP contribution in [0.5, 0.6) is 0 Å². The molecule has 4 fully saturated rings. The van der Waals surface area contributed by atoms with E-state index in [0.717, 1.165) is 0 Å². The summed E-state index contributed by atoms with van der Waals surface area (Å²) in [7, 11) is 0. The van der Waals surface area contributed by atoms with Crippen LogP contribution in [0.2, 0.25) is 0 Å². The highest BCUT2D eigenvalue weighted by molar-refractivity contribution is 4.76. The molecule has 0 bridgehead atoms. The maximum Gasteiger partial charge on any atom is 0.181 e. The average molecular weight is 722 g/mol. The zero-order chi connectivity index (χ0) is 36.3. The maximum absolute atomic E-state index is 9.33. The molecule has 17 nitrogen and oxygen atoms in total. The molecule has 0 aromatic rings. The van der Waals surface area contributed by atoms with E-state index in [-0.39, 0.29) is 70.2 Å². The molecule has 4 rings (SSSR count). The van der Waals surface area contributed by atoms with E-state index in [1.54, 1.807) is 0 Å². The molecule has 0 aliphatic carbocycles. The van der Waals surface area contributed by atoms with Crippen molar-refractivity contribution in [2.45, 2.75) is 121 Å². The highest BCUT2D eigenvalue weighted by Gasteiger charge is 2.36. The van der Waals surface area contributed by atoms with Gasteiger partial charge < -0.3 is 66.3 Å². The van der Waals surface area contributed by atoms with Crippen LogP contribution in [0.25, 0.3) is 10.4 Å². The highest BCUT2D eigenvalue weighted by atomic mass is 16.8. The molecular weight excluding hydrogens is 662 g/mol. The molecule has 0 aromatic carbocycles. The van der Waals surface area contributed by atoms with Crippen LogP contribution in [0.1, 0.15) is 55.4 Å². The number of hydrogen-bond acceptors (Lipinski definition) is 15. The number of ether oxygens (including phenoxy) is 14. The first kappa shape index (κ1) is 41.5. The van der Waals surface area contributed by atoms with Gasteiger partial charge in [0.25, 0.3) is 0 Å². The Bertz CT molecular complexity index is 923. The van der Waals surface area contributed by atoms with Crippen LogP contribution in [-0.2, 0) is 66.3 Å². The van der Waals surface area contributed by atoms with Gasteiger partial charge >= 0.3 is 0 Å². The summed E-state index contributed by atoms with van der Waals surface area (Å²) in [5.41, 5.74) is 8.96. The standard InChI is InChI=1S/C33H59N3O14/c1-30(2)22-43-29(50-30)21-40-14-25(13-39-17-28-20-46-33(7,8)49-28)42-10-23(35-36-34)9-41-24(11-37-15-26-18-44-31(3,4)47-26)12-38-16-27-19-45-32(5,6)48-27/h23-29H,9-22H2,1-8H3. The second kappa shape index (κ2) is 19.2. The van der Waals surface area contributed by atoms with Gasteiger partial charge in [-0.2, -0.15) is 0 Å². The van der Waals surface area contributed by atoms with Gasteiger partial charge in [-0.25, -0.2) is 0 Å². The van der Waals surface area contributed by atoms with E-state index in [4.69, 9.17) is 66.3 Å². The normalized spacial score (nSPS) is 29.9. The number of hydrogen-bond donors (Lipinski definition) is 0. The third-order valence-corrected chi connectivity index (χ3v) is 7.91. The fourth-order valence-electron chi connectivity index (χ4n) is 5.59. The maximum atomic E-state index is 9.33. The van der Waals surface area contributed by atoms with Crippen LogP contribution in [0.15, 0.2) is 5.11 Å². The van der Waals surface area contributed by atoms with E-state index in [1.807, 2.05) is 55.4 Å². The van der Waals surface area contributed by atoms with E-state index in [0.29, 0.717) is 46.2 Å². The van der Waals surface area contributed by atoms with Gasteiger partial charge in [-0.05, 0) is 60.9 Å². The lowest BCUT2D eigenvalue weighted by molar-refractivity contribution is -0.153. The Kier molecular flexibility index (Phi) is 15.9. The zero-order valence-electron chi connectivity index (χ0n) is 31.0. The predicted molar refractivity (Wildman–Crippen MR) is 175 cm³/mol. The smallest absolute Gasteiger partial charge is 0.181 e. The van der Waals surface area contributed by atoms with E-state index in [1.165, 1.54) is 0 Å². The molecule has 6 unspecified atom stereocenters. The van der Waals surface area contributed by atoms with Gasteiger partial charge in [0.2, 0.25) is 0 Å². The predicted octanol–water partition coefficient (Wildman–Crippen LogP) is 3.11. The van der Waals surface area contributed by atoms with Crippen molar-refractivity contribution in [1.29, 1.82) is 0 Å². The van der Waals surface area contributed by atoms with Gasteiger partial charge in [-0.3, -0.25) is 0 Å². The van der Waals surface area contributed by atoms with E-state index >= 15 is 0 Å². The zero-order valence-corrected chi connectivity index (χ0v) is 31.0. The van der Waals surface area contributed by atoms with Crippen molar-refractivity contribution in [1.82, 2.24) is 0 Å². The molecule has 4 aliphatic rings. The van der Waals surface area contributed by atoms with E-state index in [2.05, 4.69) is 10.0 Å². The Morgan fingerprint density at radius 1 is 0.600 bits per heavy atom. The summed E-state index contributed by atoms with van der Waals surface area (Å²) in [6, 6.07) is -0.653. The highest BCUT2D eigenvalue weighted by Crippen LogP contribution is 2.25. The monoisotopic (exact) mass is 721 g/mol. The van der Waals surface area contributed by atoms with Crippen molar-refractivity contribution in [3.63, 3.8) is 0 Å². The molecule has 0 radical (unpaired) electrons. The van der Waals surface area contributed by atoms with Crippen molar-refractivity contribution >= 4 is 0 Å². The van der Waals surface area contributed by atoms with Crippen molar-refractivity contribution in [3.8, 4) is 0 Å². The van der Waals surface area contributed by atoms with Gasteiger partial charge in [0.1, 0.15) is 30.5 Å². The molecule has 4 heterocycles. The van der Waals surface area contributed by atoms with Crippen LogP contribution in [0, 0.1) is 0 Å². The lowest BCUT2D eigenvalue weighted by atomic mass is 10.2. The molecule has 0 N–H and O–H groups in total. The van der Waals surface area contributed by atoms with Crippen molar-refractivity contribution in [2.24, 2.45) is 5.11 Å². The Morgan fingerprint density at radius 3 is 1.32 bits per heavy atom. The summed E-state index contributed by atoms with van der Waals surface area (Å²) >= 11 is 0. The molecule has 50 heavy (non-hydrogen) atoms. The van der Waals surface area contributed by atoms with Gasteiger partial charge in [-0.15, -0.1) is 0 Å². The summed E-state index contributed by atoms with van der Waals surface area (Å²) in [5.74, 6) is -1.94. The quantitative estimate of drug-likeness (QED) is 0.0854. The Hall–Kier alpha value is -1.25. The van der Waals surface area contributed by atoms with Gasteiger partial charge in [0.05, 0.1) is 104 Å². The fraction of sp³-hybridized carbons (Fsp3) is 1.00. The van der Waals surface area contributed by atoms with Crippen LogP contribution >= 0.6 is 0 Å². The number of rotatable bonds is 23. The molecule has 4 saturated heterocycles. The third-order valence-electron chi connectivity index (χ3n) is 7.91. The van der Waals surface area contributed by atoms with Gasteiger partial charge in [0, 0.05) is 4.91 Å². The van der Waals surface area contributed by atoms with Gasteiger partial charge in [-0.1, -0.05) is 5.11 Å². The Labute approximate surface area is 295 Å². The van der Waals surface area contributed by atoms with Crippen molar-refractivity contribution in [2.75, 3.05) is 92.5 Å². The summed E-state index contributed by atoms with van der Waals surface area (Å²) in [6.07, 6.45) is -2.02. The molecule has 0 amide bonds. The number of nitrogens with zero attached hydrogens (tertiary/aromatic N) is 3. The van der Waals surface area contributed by atoms with E-state index in [9.17, 15) is 5.53 Å². The summed E-state index contributed by atoms with van der Waals surface area (Å²) in [4.78, 5) is 3.02. The molecule has 0 saturated carbocycles. The summed E-state index contributed by atoms with van der Waals surface area (Å²) in [6.45, 7) is 19.0. The second-order valence-electron chi connectivity index (χ2n) is 14.9. The first-order chi connectivity index (χ1) is 23.6. The molecule has 0 aromatic heterocycles. The summed E-state index contributed by atoms with van der Waals surface area (Å²) in [5, 5.41) is 3.92. The molecule has 0 spiro atoms. The lowest BCUT2D eigenvalue weighted by Gasteiger charge is -2.24. The Morgan fingerprint density at radius 2 is 1.00 bits per heavy atom. The van der Waals surface area contributed by atoms with Crippen LogP contribution in [0.4, 0.5) is 0 Å². The molecule has 6 atom stereocenters. The number of azide groups is 1. The Balaban J connectivity index is 1.26. The van der Waals surface area contributed by atoms with Crippen LogP contribution in [-0.4, -0.2) is 158 Å². The minimum atomic E-state index is -0.653. The molecule has 290 valence electrons. The third kappa shape index (κ3) is 15.4. The first-order valence-electron chi connectivity index (χ1n) is 17.4. The molecule has 17 heteroatoms. The molecular formula is C33H59N3O14. The van der Waals surface area contributed by atoms with Crippen molar-refractivity contribution in [3.05, 3.63) is 10.4 Å². The first-order valence-corrected chi connectivity index (χ1v) is 17.4. The molecule has 4 aliphatic heterocycles. The minimum absolute atomic E-state index is 0.0556.